The van der Waals surface area contributed by atoms with Crippen LogP contribution in [-0.4, -0.2) is 75.9 Å². The number of likely N-dealkylation sites (tertiary alicyclic amines) is 1. The van der Waals surface area contributed by atoms with Gasteiger partial charge in [0.05, 0.1) is 29.8 Å². The summed E-state index contributed by atoms with van der Waals surface area (Å²) in [6.07, 6.45) is 4.11. The number of ether oxygens (including phenoxy) is 1. The van der Waals surface area contributed by atoms with Gasteiger partial charge in [-0.3, -0.25) is 4.79 Å². The van der Waals surface area contributed by atoms with Gasteiger partial charge in [0.1, 0.15) is 0 Å². The van der Waals surface area contributed by atoms with Crippen LogP contribution in [-0.2, 0) is 16.0 Å². The number of carbonyl (C=O) groups is 1. The molecule has 2 aromatic carbocycles. The van der Waals surface area contributed by atoms with Crippen molar-refractivity contribution in [1.29, 1.82) is 0 Å². The first-order valence-corrected chi connectivity index (χ1v) is 13.9. The summed E-state index contributed by atoms with van der Waals surface area (Å²) in [4.78, 5) is 20.4. The second-order valence-corrected chi connectivity index (χ2v) is 11.1. The lowest BCUT2D eigenvalue weighted by atomic mass is 10.0. The Bertz CT molecular complexity index is 1020. The first-order valence-electron chi connectivity index (χ1n) is 13.2. The Labute approximate surface area is 224 Å². The van der Waals surface area contributed by atoms with Crippen molar-refractivity contribution in [3.05, 3.63) is 58.1 Å². The minimum absolute atomic E-state index is 0.00552. The molecule has 0 saturated carbocycles. The van der Waals surface area contributed by atoms with Crippen molar-refractivity contribution >= 4 is 40.5 Å². The summed E-state index contributed by atoms with van der Waals surface area (Å²) in [5.74, 6) is 0.153. The van der Waals surface area contributed by atoms with E-state index in [1.165, 1.54) is 12.8 Å². The molecule has 1 unspecified atom stereocenters. The fourth-order valence-electron chi connectivity index (χ4n) is 5.64. The van der Waals surface area contributed by atoms with Gasteiger partial charge < -0.3 is 24.8 Å². The minimum Gasteiger partial charge on any atom is -0.378 e. The molecule has 36 heavy (non-hydrogen) atoms. The Kier molecular flexibility index (Phi) is 8.58. The minimum atomic E-state index is -0.00552. The molecule has 194 valence electrons. The Hall–Kier alpha value is -1.99. The number of hydrogen-bond donors (Lipinski definition) is 1. The molecule has 0 radical (unpaired) electrons. The van der Waals surface area contributed by atoms with Crippen LogP contribution in [0.4, 0.5) is 11.4 Å². The predicted octanol–water partition coefficient (Wildman–Crippen LogP) is 4.48. The lowest BCUT2D eigenvalue weighted by Gasteiger charge is -2.30. The van der Waals surface area contributed by atoms with Crippen molar-refractivity contribution in [2.45, 2.75) is 31.7 Å². The average Bonchev–Trinajstić information content (AvgIpc) is 3.58. The van der Waals surface area contributed by atoms with Crippen LogP contribution >= 0.6 is 23.2 Å². The molecule has 3 heterocycles. The molecule has 2 aromatic rings. The van der Waals surface area contributed by atoms with E-state index < -0.39 is 0 Å². The maximum Gasteiger partial charge on any atom is 0.225 e. The molecule has 5 rings (SSSR count). The maximum absolute atomic E-state index is 13.4. The van der Waals surface area contributed by atoms with Gasteiger partial charge in [0, 0.05) is 49.5 Å². The summed E-state index contributed by atoms with van der Waals surface area (Å²) in [6, 6.07) is 14.3. The molecule has 3 aliphatic heterocycles. The molecule has 3 aliphatic rings. The van der Waals surface area contributed by atoms with Crippen LogP contribution in [0.15, 0.2) is 42.5 Å². The molecule has 3 fully saturated rings. The van der Waals surface area contributed by atoms with Crippen LogP contribution < -0.4 is 15.1 Å². The number of morpholine rings is 1. The van der Waals surface area contributed by atoms with Crippen LogP contribution in [0.3, 0.4) is 0 Å². The van der Waals surface area contributed by atoms with E-state index in [-0.39, 0.29) is 17.9 Å². The highest BCUT2D eigenvalue weighted by molar-refractivity contribution is 6.33. The van der Waals surface area contributed by atoms with E-state index in [9.17, 15) is 4.79 Å². The molecule has 1 amide bonds. The topological polar surface area (TPSA) is 48.1 Å². The summed E-state index contributed by atoms with van der Waals surface area (Å²) >= 11 is 12.8. The smallest absolute Gasteiger partial charge is 0.225 e. The summed E-state index contributed by atoms with van der Waals surface area (Å²) in [5.41, 5.74) is 3.35. The number of benzene rings is 2. The summed E-state index contributed by atoms with van der Waals surface area (Å²) in [5, 5.41) is 4.92. The molecule has 2 atom stereocenters. The van der Waals surface area contributed by atoms with Crippen LogP contribution in [0.2, 0.25) is 10.0 Å². The Morgan fingerprint density at radius 3 is 2.44 bits per heavy atom. The van der Waals surface area contributed by atoms with E-state index >= 15 is 0 Å². The SMILES string of the molecule is O=C(NC(Cc1ccc(N2CCOCC2)c(Cl)c1)CN1CCCC1)[C@@H]1CCN(c2ccc(Cl)cc2)C1. The predicted molar refractivity (Wildman–Crippen MR) is 148 cm³/mol. The standard InChI is InChI=1S/C28H36Cl2N4O2/c29-23-4-6-25(7-5-23)34-12-9-22(19-34)28(35)31-24(20-32-10-1-2-11-32)17-21-3-8-27(26(30)18-21)33-13-15-36-16-14-33/h3-8,18,22,24H,1-2,9-17,19-20H2,(H,31,35)/t22-,24?/m1/s1. The van der Waals surface area contributed by atoms with Crippen molar-refractivity contribution in [3.63, 3.8) is 0 Å². The zero-order chi connectivity index (χ0) is 24.9. The summed E-state index contributed by atoms with van der Waals surface area (Å²) in [7, 11) is 0. The number of anilines is 2. The number of nitrogens with zero attached hydrogens (tertiary/aromatic N) is 3. The molecular weight excluding hydrogens is 495 g/mol. The van der Waals surface area contributed by atoms with Crippen molar-refractivity contribution in [1.82, 2.24) is 10.2 Å². The molecule has 0 bridgehead atoms. The normalized spacial score (nSPS) is 21.7. The Morgan fingerprint density at radius 1 is 0.972 bits per heavy atom. The fraction of sp³-hybridized carbons (Fsp3) is 0.536. The van der Waals surface area contributed by atoms with Gasteiger partial charge in [0.2, 0.25) is 5.91 Å². The fourth-order valence-corrected chi connectivity index (χ4v) is 6.09. The van der Waals surface area contributed by atoms with Gasteiger partial charge in [-0.05, 0) is 80.7 Å². The molecule has 6 nitrogen and oxygen atoms in total. The van der Waals surface area contributed by atoms with Crippen LogP contribution in [0.1, 0.15) is 24.8 Å². The number of nitrogens with one attached hydrogen (secondary N) is 1. The summed E-state index contributed by atoms with van der Waals surface area (Å²) in [6.45, 7) is 7.91. The number of rotatable bonds is 8. The van der Waals surface area contributed by atoms with E-state index in [1.807, 2.05) is 24.3 Å². The third-order valence-corrected chi connectivity index (χ3v) is 8.18. The maximum atomic E-state index is 13.4. The van der Waals surface area contributed by atoms with Crippen molar-refractivity contribution in [2.75, 3.05) is 68.8 Å². The van der Waals surface area contributed by atoms with Crippen LogP contribution in [0, 0.1) is 5.92 Å². The summed E-state index contributed by atoms with van der Waals surface area (Å²) < 4.78 is 5.48. The molecule has 8 heteroatoms. The van der Waals surface area contributed by atoms with E-state index in [0.29, 0.717) is 0 Å². The zero-order valence-electron chi connectivity index (χ0n) is 20.8. The third kappa shape index (κ3) is 6.46. The Balaban J connectivity index is 1.23. The van der Waals surface area contributed by atoms with Gasteiger partial charge >= 0.3 is 0 Å². The van der Waals surface area contributed by atoms with E-state index in [2.05, 4.69) is 38.2 Å². The van der Waals surface area contributed by atoms with E-state index in [1.54, 1.807) is 0 Å². The molecule has 0 aliphatic carbocycles. The van der Waals surface area contributed by atoms with E-state index in [4.69, 9.17) is 27.9 Å². The van der Waals surface area contributed by atoms with Gasteiger partial charge in [0.15, 0.2) is 0 Å². The third-order valence-electron chi connectivity index (χ3n) is 7.62. The van der Waals surface area contributed by atoms with Gasteiger partial charge in [-0.15, -0.1) is 0 Å². The molecule has 3 saturated heterocycles. The Morgan fingerprint density at radius 2 is 1.72 bits per heavy atom. The van der Waals surface area contributed by atoms with Gasteiger partial charge in [-0.25, -0.2) is 0 Å². The molecular formula is C28H36Cl2N4O2. The number of halogens is 2. The quantitative estimate of drug-likeness (QED) is 0.545. The number of hydrogen-bond acceptors (Lipinski definition) is 5. The molecule has 1 N–H and O–H groups in total. The second-order valence-electron chi connectivity index (χ2n) is 10.2. The van der Waals surface area contributed by atoms with E-state index in [0.717, 1.165) is 98.9 Å². The van der Waals surface area contributed by atoms with Gasteiger partial charge in [0.25, 0.3) is 0 Å². The number of amides is 1. The van der Waals surface area contributed by atoms with Crippen molar-refractivity contribution in [2.24, 2.45) is 5.92 Å². The van der Waals surface area contributed by atoms with Crippen LogP contribution in [0.5, 0.6) is 0 Å². The largest absolute Gasteiger partial charge is 0.378 e. The molecule has 0 spiro atoms. The van der Waals surface area contributed by atoms with Crippen molar-refractivity contribution in [3.8, 4) is 0 Å². The lowest BCUT2D eigenvalue weighted by Crippen LogP contribution is -2.46. The lowest BCUT2D eigenvalue weighted by molar-refractivity contribution is -0.125. The highest BCUT2D eigenvalue weighted by Gasteiger charge is 2.30. The van der Waals surface area contributed by atoms with Gasteiger partial charge in [-0.1, -0.05) is 29.3 Å². The average molecular weight is 532 g/mol. The second kappa shape index (κ2) is 12.0. The first kappa shape index (κ1) is 25.7. The van der Waals surface area contributed by atoms with Crippen molar-refractivity contribution < 1.29 is 9.53 Å². The highest BCUT2D eigenvalue weighted by Crippen LogP contribution is 2.29. The highest BCUT2D eigenvalue weighted by atomic mass is 35.5. The molecule has 0 aromatic heterocycles. The number of carbonyl (C=O) groups excluding carboxylic acids is 1. The zero-order valence-corrected chi connectivity index (χ0v) is 22.3. The first-order chi connectivity index (χ1) is 17.5. The van der Waals surface area contributed by atoms with Crippen LogP contribution in [0.25, 0.3) is 0 Å². The van der Waals surface area contributed by atoms with Gasteiger partial charge in [-0.2, -0.15) is 0 Å². The monoisotopic (exact) mass is 530 g/mol.